The Kier molecular flexibility index (Phi) is 2.87. The van der Waals surface area contributed by atoms with Gasteiger partial charge in [0.2, 0.25) is 0 Å². The molecule has 6 heteroatoms. The van der Waals surface area contributed by atoms with Crippen molar-refractivity contribution in [2.24, 2.45) is 0 Å². The van der Waals surface area contributed by atoms with Gasteiger partial charge in [-0.3, -0.25) is 10.1 Å². The van der Waals surface area contributed by atoms with Crippen molar-refractivity contribution in [2.45, 2.75) is 0 Å². The number of hydrogen-bond donors (Lipinski definition) is 1. The number of nitrogens with two attached hydrogens (primary N) is 1. The molecule has 85 valence electrons. The van der Waals surface area contributed by atoms with E-state index in [4.69, 9.17) is 10.5 Å². The first-order valence-corrected chi connectivity index (χ1v) is 4.72. The van der Waals surface area contributed by atoms with Crippen LogP contribution in [0.3, 0.4) is 0 Å². The van der Waals surface area contributed by atoms with Crippen LogP contribution in [0.5, 0.6) is 11.6 Å². The van der Waals surface area contributed by atoms with Crippen LogP contribution in [0.1, 0.15) is 0 Å². The van der Waals surface area contributed by atoms with Crippen molar-refractivity contribution in [1.29, 1.82) is 0 Å². The molecule has 0 saturated heterocycles. The lowest BCUT2D eigenvalue weighted by Gasteiger charge is -2.04. The number of nitrogens with zero attached hydrogens (tertiary/aromatic N) is 2. The van der Waals surface area contributed by atoms with Crippen molar-refractivity contribution in [1.82, 2.24) is 4.98 Å². The SMILES string of the molecule is Nc1[c]c(Oc2ncccc2[N+](=O)[O-])ccc1. The molecule has 0 atom stereocenters. The maximum absolute atomic E-state index is 10.7. The van der Waals surface area contributed by atoms with Gasteiger partial charge in [-0.15, -0.1) is 0 Å². The second-order valence-corrected chi connectivity index (χ2v) is 3.16. The molecule has 1 aromatic heterocycles. The van der Waals surface area contributed by atoms with Gasteiger partial charge < -0.3 is 10.5 Å². The highest BCUT2D eigenvalue weighted by Crippen LogP contribution is 2.28. The molecule has 2 aromatic rings. The van der Waals surface area contributed by atoms with Crippen molar-refractivity contribution in [3.05, 3.63) is 52.7 Å². The molecule has 1 aromatic carbocycles. The zero-order chi connectivity index (χ0) is 12.3. The number of anilines is 1. The monoisotopic (exact) mass is 230 g/mol. The summed E-state index contributed by atoms with van der Waals surface area (Å²) in [4.78, 5) is 14.0. The summed E-state index contributed by atoms with van der Waals surface area (Å²) in [6, 6.07) is 10.4. The summed E-state index contributed by atoms with van der Waals surface area (Å²) < 4.78 is 5.26. The van der Waals surface area contributed by atoms with E-state index in [2.05, 4.69) is 11.1 Å². The Morgan fingerprint density at radius 3 is 2.88 bits per heavy atom. The fourth-order valence-corrected chi connectivity index (χ4v) is 1.23. The average molecular weight is 230 g/mol. The standard InChI is InChI=1S/C11H8N3O3/c12-8-3-1-4-9(7-8)17-11-10(14(15)16)5-2-6-13-11/h1-6H,12H2. The molecule has 1 radical (unpaired) electrons. The number of rotatable bonds is 3. The molecule has 2 rings (SSSR count). The number of pyridine rings is 1. The van der Waals surface area contributed by atoms with E-state index in [0.717, 1.165) is 0 Å². The molecule has 17 heavy (non-hydrogen) atoms. The van der Waals surface area contributed by atoms with E-state index < -0.39 is 4.92 Å². The molecule has 1 heterocycles. The molecule has 0 saturated carbocycles. The molecule has 0 spiro atoms. The summed E-state index contributed by atoms with van der Waals surface area (Å²) in [5, 5.41) is 10.7. The molecule has 0 amide bonds. The van der Waals surface area contributed by atoms with Crippen LogP contribution in [0.4, 0.5) is 11.4 Å². The molecule has 0 aliphatic heterocycles. The Morgan fingerprint density at radius 1 is 1.35 bits per heavy atom. The molecule has 0 aliphatic rings. The van der Waals surface area contributed by atoms with Crippen LogP contribution >= 0.6 is 0 Å². The van der Waals surface area contributed by atoms with Crippen LogP contribution in [0.25, 0.3) is 0 Å². The van der Waals surface area contributed by atoms with Crippen molar-refractivity contribution >= 4 is 11.4 Å². The summed E-state index contributed by atoms with van der Waals surface area (Å²) in [6.45, 7) is 0. The zero-order valence-corrected chi connectivity index (χ0v) is 8.66. The van der Waals surface area contributed by atoms with E-state index in [1.54, 1.807) is 18.2 Å². The predicted molar refractivity (Wildman–Crippen MR) is 60.7 cm³/mol. The fourth-order valence-electron chi connectivity index (χ4n) is 1.23. The average Bonchev–Trinajstić information content (AvgIpc) is 2.29. The van der Waals surface area contributed by atoms with Crippen LogP contribution in [-0.2, 0) is 0 Å². The van der Waals surface area contributed by atoms with Crippen molar-refractivity contribution in [3.63, 3.8) is 0 Å². The quantitative estimate of drug-likeness (QED) is 0.495. The molecule has 0 bridgehead atoms. The Morgan fingerprint density at radius 2 is 2.18 bits per heavy atom. The summed E-state index contributed by atoms with van der Waals surface area (Å²) in [6.07, 6.45) is 1.41. The lowest BCUT2D eigenvalue weighted by Crippen LogP contribution is -1.96. The number of benzene rings is 1. The highest BCUT2D eigenvalue weighted by Gasteiger charge is 2.16. The smallest absolute Gasteiger partial charge is 0.331 e. The zero-order valence-electron chi connectivity index (χ0n) is 8.66. The first-order valence-electron chi connectivity index (χ1n) is 4.72. The second kappa shape index (κ2) is 4.48. The van der Waals surface area contributed by atoms with Gasteiger partial charge in [0.1, 0.15) is 5.75 Å². The maximum atomic E-state index is 10.7. The molecule has 6 nitrogen and oxygen atoms in total. The number of nitrogen functional groups attached to an aromatic ring is 1. The number of nitro groups is 1. The second-order valence-electron chi connectivity index (χ2n) is 3.16. The minimum atomic E-state index is -0.561. The third-order valence-corrected chi connectivity index (χ3v) is 1.95. The Hall–Kier alpha value is -2.63. The number of ether oxygens (including phenoxy) is 1. The first kappa shape index (κ1) is 10.9. The largest absolute Gasteiger partial charge is 0.433 e. The van der Waals surface area contributed by atoms with Gasteiger partial charge in [0.15, 0.2) is 0 Å². The first-order chi connectivity index (χ1) is 8.16. The summed E-state index contributed by atoms with van der Waals surface area (Å²) in [5.41, 5.74) is 5.70. The molecule has 2 N–H and O–H groups in total. The van der Waals surface area contributed by atoms with Crippen molar-refractivity contribution < 1.29 is 9.66 Å². The summed E-state index contributed by atoms with van der Waals surface area (Å²) in [5.74, 6) is 0.200. The topological polar surface area (TPSA) is 91.3 Å². The van der Waals surface area contributed by atoms with Crippen molar-refractivity contribution in [3.8, 4) is 11.6 Å². The minimum Gasteiger partial charge on any atom is -0.433 e. The molecule has 0 aliphatic carbocycles. The van der Waals surface area contributed by atoms with E-state index in [-0.39, 0.29) is 17.3 Å². The Bertz CT molecular complexity index is 557. The van der Waals surface area contributed by atoms with Gasteiger partial charge in [-0.25, -0.2) is 4.98 Å². The molecule has 0 fully saturated rings. The fraction of sp³-hybridized carbons (Fsp3) is 0. The van der Waals surface area contributed by atoms with Crippen LogP contribution in [0.2, 0.25) is 0 Å². The van der Waals surface area contributed by atoms with Crippen LogP contribution in [-0.4, -0.2) is 9.91 Å². The minimum absolute atomic E-state index is 0.0839. The third-order valence-electron chi connectivity index (χ3n) is 1.95. The molecule has 0 unspecified atom stereocenters. The van der Waals surface area contributed by atoms with Gasteiger partial charge in [0.05, 0.1) is 11.0 Å². The number of aromatic nitrogens is 1. The van der Waals surface area contributed by atoms with Crippen LogP contribution in [0, 0.1) is 16.2 Å². The van der Waals surface area contributed by atoms with Gasteiger partial charge in [-0.1, -0.05) is 6.07 Å². The van der Waals surface area contributed by atoms with Crippen LogP contribution in [0.15, 0.2) is 36.5 Å². The van der Waals surface area contributed by atoms with E-state index in [9.17, 15) is 10.1 Å². The highest BCUT2D eigenvalue weighted by molar-refractivity contribution is 5.46. The van der Waals surface area contributed by atoms with E-state index in [1.807, 2.05) is 0 Å². The van der Waals surface area contributed by atoms with Gasteiger partial charge in [-0.05, 0) is 18.2 Å². The molecular formula is C11H8N3O3. The predicted octanol–water partition coefficient (Wildman–Crippen LogP) is 2.16. The van der Waals surface area contributed by atoms with Gasteiger partial charge >= 0.3 is 5.69 Å². The third kappa shape index (κ3) is 2.49. The van der Waals surface area contributed by atoms with E-state index >= 15 is 0 Å². The Balaban J connectivity index is 2.33. The van der Waals surface area contributed by atoms with Gasteiger partial charge in [0, 0.05) is 18.0 Å². The summed E-state index contributed by atoms with van der Waals surface area (Å²) >= 11 is 0. The van der Waals surface area contributed by atoms with Gasteiger partial charge in [0.25, 0.3) is 5.88 Å². The lowest BCUT2D eigenvalue weighted by molar-refractivity contribution is -0.386. The van der Waals surface area contributed by atoms with Crippen molar-refractivity contribution in [2.75, 3.05) is 5.73 Å². The summed E-state index contributed by atoms with van der Waals surface area (Å²) in [7, 11) is 0. The van der Waals surface area contributed by atoms with Crippen LogP contribution < -0.4 is 10.5 Å². The van der Waals surface area contributed by atoms with E-state index in [1.165, 1.54) is 18.3 Å². The Labute approximate surface area is 96.8 Å². The lowest BCUT2D eigenvalue weighted by atomic mass is 10.3. The number of hydrogen-bond acceptors (Lipinski definition) is 5. The molecular weight excluding hydrogens is 222 g/mol. The van der Waals surface area contributed by atoms with E-state index in [0.29, 0.717) is 5.69 Å². The normalized spacial score (nSPS) is 9.88. The highest BCUT2D eigenvalue weighted by atomic mass is 16.6. The maximum Gasteiger partial charge on any atom is 0.331 e. The van der Waals surface area contributed by atoms with Gasteiger partial charge in [-0.2, -0.15) is 0 Å².